The highest BCUT2D eigenvalue weighted by Gasteiger charge is 2.36. The fourth-order valence-electron chi connectivity index (χ4n) is 3.72. The van der Waals surface area contributed by atoms with Gasteiger partial charge in [0.15, 0.2) is 6.61 Å². The van der Waals surface area contributed by atoms with Gasteiger partial charge in [0, 0.05) is 23.9 Å². The van der Waals surface area contributed by atoms with Crippen molar-refractivity contribution < 1.29 is 28.7 Å². The molecule has 0 bridgehead atoms. The summed E-state index contributed by atoms with van der Waals surface area (Å²) in [6.07, 6.45) is 2.74. The van der Waals surface area contributed by atoms with Crippen molar-refractivity contribution >= 4 is 40.1 Å². The third kappa shape index (κ3) is 4.60. The van der Waals surface area contributed by atoms with Crippen molar-refractivity contribution in [1.29, 1.82) is 0 Å². The lowest BCUT2D eigenvalue weighted by molar-refractivity contribution is -0.151. The molecule has 1 unspecified atom stereocenters. The van der Waals surface area contributed by atoms with Crippen LogP contribution in [0.1, 0.15) is 54.4 Å². The summed E-state index contributed by atoms with van der Waals surface area (Å²) in [6, 6.07) is 0.0191. The second-order valence-corrected chi connectivity index (χ2v) is 8.58. The number of nitrogens with one attached hydrogen (secondary N) is 1. The number of hydrogen-bond acceptors (Lipinski definition) is 7. The van der Waals surface area contributed by atoms with Gasteiger partial charge < -0.3 is 19.7 Å². The zero-order valence-corrected chi connectivity index (χ0v) is 17.7. The fourth-order valence-corrected chi connectivity index (χ4v) is 5.01. The number of ether oxygens (including phenoxy) is 2. The van der Waals surface area contributed by atoms with Crippen LogP contribution in [0.25, 0.3) is 0 Å². The molecule has 3 rings (SSSR count). The Bertz CT molecular complexity index is 831. The quantitative estimate of drug-likeness (QED) is 0.676. The van der Waals surface area contributed by atoms with Crippen LogP contribution in [-0.4, -0.2) is 54.5 Å². The number of likely N-dealkylation sites (tertiary alicyclic amines) is 1. The van der Waals surface area contributed by atoms with E-state index in [2.05, 4.69) is 5.32 Å². The predicted octanol–water partition coefficient (Wildman–Crippen LogP) is 2.15. The van der Waals surface area contributed by atoms with Gasteiger partial charge in [0.1, 0.15) is 5.00 Å². The number of amides is 2. The van der Waals surface area contributed by atoms with Crippen molar-refractivity contribution in [2.75, 3.05) is 25.1 Å². The first-order chi connectivity index (χ1) is 13.8. The molecule has 29 heavy (non-hydrogen) atoms. The highest BCUT2D eigenvalue weighted by molar-refractivity contribution is 7.17. The van der Waals surface area contributed by atoms with E-state index in [1.165, 1.54) is 11.3 Å². The summed E-state index contributed by atoms with van der Waals surface area (Å²) < 4.78 is 10.3. The number of thiophene rings is 1. The van der Waals surface area contributed by atoms with Gasteiger partial charge in [0.25, 0.3) is 5.91 Å². The molecule has 158 valence electrons. The minimum atomic E-state index is -0.559. The normalized spacial score (nSPS) is 18.1. The number of rotatable bonds is 7. The molecule has 9 heteroatoms. The number of nitrogens with zero attached hydrogens (tertiary/aromatic N) is 1. The maximum Gasteiger partial charge on any atom is 0.341 e. The lowest BCUT2D eigenvalue weighted by atomic mass is 10.1. The molecular formula is C20H26N2O6S. The van der Waals surface area contributed by atoms with Crippen LogP contribution in [0.15, 0.2) is 0 Å². The molecule has 1 N–H and O–H groups in total. The molecule has 1 aromatic heterocycles. The average molecular weight is 423 g/mol. The van der Waals surface area contributed by atoms with E-state index in [1.807, 2.05) is 13.8 Å². The van der Waals surface area contributed by atoms with E-state index >= 15 is 0 Å². The summed E-state index contributed by atoms with van der Waals surface area (Å²) in [4.78, 5) is 51.5. The number of hydrogen-bond donors (Lipinski definition) is 1. The molecule has 1 aromatic rings. The molecule has 0 spiro atoms. The zero-order chi connectivity index (χ0) is 21.1. The lowest BCUT2D eigenvalue weighted by Crippen LogP contribution is -2.33. The maximum atomic E-state index is 12.3. The first-order valence-corrected chi connectivity index (χ1v) is 10.7. The van der Waals surface area contributed by atoms with Crippen LogP contribution in [0.2, 0.25) is 0 Å². The molecule has 2 aliphatic rings. The Morgan fingerprint density at radius 3 is 2.66 bits per heavy atom. The van der Waals surface area contributed by atoms with Gasteiger partial charge in [-0.15, -0.1) is 11.3 Å². The first kappa shape index (κ1) is 21.3. The second kappa shape index (κ2) is 8.94. The van der Waals surface area contributed by atoms with Crippen LogP contribution in [0, 0.1) is 5.92 Å². The average Bonchev–Trinajstić information content (AvgIpc) is 3.33. The second-order valence-electron chi connectivity index (χ2n) is 7.48. The van der Waals surface area contributed by atoms with E-state index in [9.17, 15) is 19.2 Å². The molecular weight excluding hydrogens is 396 g/mol. The van der Waals surface area contributed by atoms with Gasteiger partial charge in [-0.3, -0.25) is 14.4 Å². The molecule has 1 saturated heterocycles. The predicted molar refractivity (Wildman–Crippen MR) is 107 cm³/mol. The number of aryl methyl sites for hydroxylation is 1. The van der Waals surface area contributed by atoms with Crippen LogP contribution >= 0.6 is 11.3 Å². The van der Waals surface area contributed by atoms with Gasteiger partial charge in [-0.25, -0.2) is 4.79 Å². The number of esters is 2. The summed E-state index contributed by atoms with van der Waals surface area (Å²) >= 11 is 1.37. The Morgan fingerprint density at radius 1 is 1.24 bits per heavy atom. The lowest BCUT2D eigenvalue weighted by Gasteiger charge is -2.20. The van der Waals surface area contributed by atoms with Crippen LogP contribution in [0.3, 0.4) is 0 Å². The van der Waals surface area contributed by atoms with Gasteiger partial charge in [-0.2, -0.15) is 0 Å². The largest absolute Gasteiger partial charge is 0.462 e. The first-order valence-electron chi connectivity index (χ1n) is 9.89. The molecule has 1 fully saturated rings. The van der Waals surface area contributed by atoms with Crippen LogP contribution in [0.4, 0.5) is 5.00 Å². The molecule has 0 saturated carbocycles. The van der Waals surface area contributed by atoms with Gasteiger partial charge in [-0.05, 0) is 45.6 Å². The molecule has 1 atom stereocenters. The van der Waals surface area contributed by atoms with Gasteiger partial charge in [0.2, 0.25) is 5.91 Å². The minimum absolute atomic E-state index is 0.0191. The monoisotopic (exact) mass is 422 g/mol. The zero-order valence-electron chi connectivity index (χ0n) is 16.9. The number of carbonyl (C=O) groups excluding carboxylic acids is 4. The summed E-state index contributed by atoms with van der Waals surface area (Å²) in [5, 5.41) is 3.13. The SMILES string of the molecule is CCOC(=O)c1c(NC(=O)COC(=O)C2CC(=O)N(C(C)C)C2)sc2c1CCC2. The van der Waals surface area contributed by atoms with Crippen LogP contribution < -0.4 is 5.32 Å². The van der Waals surface area contributed by atoms with Gasteiger partial charge in [0.05, 0.1) is 18.1 Å². The van der Waals surface area contributed by atoms with Gasteiger partial charge in [-0.1, -0.05) is 0 Å². The smallest absolute Gasteiger partial charge is 0.341 e. The molecule has 8 nitrogen and oxygen atoms in total. The highest BCUT2D eigenvalue weighted by atomic mass is 32.1. The third-order valence-electron chi connectivity index (χ3n) is 5.11. The molecule has 2 heterocycles. The van der Waals surface area contributed by atoms with Crippen LogP contribution in [0.5, 0.6) is 0 Å². The summed E-state index contributed by atoms with van der Waals surface area (Å²) in [7, 11) is 0. The van der Waals surface area contributed by atoms with Crippen molar-refractivity contribution in [3.8, 4) is 0 Å². The van der Waals surface area contributed by atoms with Crippen molar-refractivity contribution in [3.63, 3.8) is 0 Å². The van der Waals surface area contributed by atoms with Crippen molar-refractivity contribution in [3.05, 3.63) is 16.0 Å². The minimum Gasteiger partial charge on any atom is -0.462 e. The van der Waals surface area contributed by atoms with Crippen molar-refractivity contribution in [1.82, 2.24) is 4.90 Å². The van der Waals surface area contributed by atoms with E-state index in [4.69, 9.17) is 9.47 Å². The van der Waals surface area contributed by atoms with Gasteiger partial charge >= 0.3 is 11.9 Å². The molecule has 2 amide bonds. The Hall–Kier alpha value is -2.42. The van der Waals surface area contributed by atoms with E-state index in [0.29, 0.717) is 17.1 Å². The molecule has 0 aromatic carbocycles. The summed E-state index contributed by atoms with van der Waals surface area (Å²) in [5.41, 5.74) is 1.36. The van der Waals surface area contributed by atoms with E-state index in [-0.39, 0.29) is 25.0 Å². The molecule has 1 aliphatic heterocycles. The maximum absolute atomic E-state index is 12.3. The van der Waals surface area contributed by atoms with Crippen molar-refractivity contribution in [2.24, 2.45) is 5.92 Å². The standard InChI is InChI=1S/C20H26N2O6S/c1-4-27-20(26)17-13-6-5-7-14(13)29-18(17)21-15(23)10-28-19(25)12-8-16(24)22(9-12)11(2)3/h11-12H,4-10H2,1-3H3,(H,21,23). The fraction of sp³-hybridized carbons (Fsp3) is 0.600. The third-order valence-corrected chi connectivity index (χ3v) is 6.32. The number of carbonyl (C=O) groups is 4. The highest BCUT2D eigenvalue weighted by Crippen LogP contribution is 2.39. The van der Waals surface area contributed by atoms with E-state index in [0.717, 1.165) is 29.7 Å². The van der Waals surface area contributed by atoms with Crippen molar-refractivity contribution in [2.45, 2.75) is 52.5 Å². The Labute approximate surface area is 173 Å². The van der Waals surface area contributed by atoms with E-state index < -0.39 is 30.4 Å². The Balaban J connectivity index is 1.58. The number of anilines is 1. The Morgan fingerprint density at radius 2 is 2.00 bits per heavy atom. The Kier molecular flexibility index (Phi) is 6.56. The molecule has 0 radical (unpaired) electrons. The summed E-state index contributed by atoms with van der Waals surface area (Å²) in [5.74, 6) is -2.17. The topological polar surface area (TPSA) is 102 Å². The van der Waals surface area contributed by atoms with E-state index in [1.54, 1.807) is 11.8 Å². The molecule has 1 aliphatic carbocycles. The van der Waals surface area contributed by atoms with Crippen LogP contribution in [-0.2, 0) is 36.7 Å². The number of fused-ring (bicyclic) bond motifs is 1. The summed E-state index contributed by atoms with van der Waals surface area (Å²) in [6.45, 7) is 5.60.